The summed E-state index contributed by atoms with van der Waals surface area (Å²) in [4.78, 5) is 1.76. The molecule has 2 N–H and O–H groups in total. The molecule has 7 heteroatoms. The van der Waals surface area contributed by atoms with Crippen LogP contribution in [-0.2, 0) is 0 Å². The van der Waals surface area contributed by atoms with Gasteiger partial charge >= 0.3 is 0 Å². The van der Waals surface area contributed by atoms with Crippen molar-refractivity contribution < 1.29 is 4.74 Å². The number of hydrogen-bond acceptors (Lipinski definition) is 5. The van der Waals surface area contributed by atoms with Gasteiger partial charge in [-0.15, -0.1) is 0 Å². The summed E-state index contributed by atoms with van der Waals surface area (Å²) in [6.07, 6.45) is 4.15. The van der Waals surface area contributed by atoms with Crippen LogP contribution in [0, 0.1) is 18.4 Å². The van der Waals surface area contributed by atoms with Crippen LogP contribution in [-0.4, -0.2) is 27.8 Å². The van der Waals surface area contributed by atoms with E-state index in [-0.39, 0.29) is 6.04 Å². The van der Waals surface area contributed by atoms with E-state index in [4.69, 9.17) is 32.4 Å². The van der Waals surface area contributed by atoms with Gasteiger partial charge in [0.2, 0.25) is 0 Å². The molecule has 6 nitrogen and oxygen atoms in total. The molecule has 0 bridgehead atoms. The standard InChI is InChI=1S/C22H22ClN5O/c1-15-4-9-21(19(23)11-15)29-18-7-5-16(6-8-18)20-12-22(25)28(26-20)17-3-2-10-27(13-17)14-24/h4-9,11-12,17H,2-3,10,13,25H2,1H3. The molecule has 1 aliphatic rings. The number of aryl methyl sites for hydroxylation is 1. The molecule has 0 spiro atoms. The number of benzene rings is 2. The van der Waals surface area contributed by atoms with Gasteiger partial charge in [-0.3, -0.25) is 0 Å². The molecule has 0 aliphatic carbocycles. The number of aromatic nitrogens is 2. The Bertz CT molecular complexity index is 1050. The fourth-order valence-electron chi connectivity index (χ4n) is 3.60. The van der Waals surface area contributed by atoms with E-state index >= 15 is 0 Å². The summed E-state index contributed by atoms with van der Waals surface area (Å²) in [5.74, 6) is 1.93. The van der Waals surface area contributed by atoms with Crippen LogP contribution in [0.5, 0.6) is 11.5 Å². The number of nitrogen functional groups attached to an aromatic ring is 1. The molecule has 0 radical (unpaired) electrons. The van der Waals surface area contributed by atoms with Crippen LogP contribution in [0.1, 0.15) is 24.4 Å². The number of ether oxygens (including phenoxy) is 1. The first-order valence-electron chi connectivity index (χ1n) is 9.57. The van der Waals surface area contributed by atoms with Crippen molar-refractivity contribution in [1.29, 1.82) is 5.26 Å². The summed E-state index contributed by atoms with van der Waals surface area (Å²) >= 11 is 6.25. The molecule has 2 heterocycles. The predicted molar refractivity (Wildman–Crippen MR) is 114 cm³/mol. The molecule has 1 aliphatic heterocycles. The van der Waals surface area contributed by atoms with Gasteiger partial charge in [0.25, 0.3) is 0 Å². The molecule has 148 valence electrons. The fourth-order valence-corrected chi connectivity index (χ4v) is 3.87. The third-order valence-electron chi connectivity index (χ3n) is 5.11. The number of nitriles is 1. The highest BCUT2D eigenvalue weighted by atomic mass is 35.5. The summed E-state index contributed by atoms with van der Waals surface area (Å²) in [6.45, 7) is 3.43. The number of anilines is 1. The van der Waals surface area contributed by atoms with E-state index in [1.165, 1.54) is 0 Å². The van der Waals surface area contributed by atoms with Crippen molar-refractivity contribution in [2.45, 2.75) is 25.8 Å². The summed E-state index contributed by atoms with van der Waals surface area (Å²) in [6, 6.07) is 15.4. The lowest BCUT2D eigenvalue weighted by atomic mass is 10.1. The van der Waals surface area contributed by atoms with Gasteiger partial charge in [0, 0.05) is 18.2 Å². The average Bonchev–Trinajstić information content (AvgIpc) is 3.12. The Labute approximate surface area is 175 Å². The monoisotopic (exact) mass is 407 g/mol. The molecule has 1 atom stereocenters. The number of nitrogens with two attached hydrogens (primary N) is 1. The Kier molecular flexibility index (Phi) is 5.32. The van der Waals surface area contributed by atoms with Gasteiger partial charge in [-0.1, -0.05) is 17.7 Å². The maximum Gasteiger partial charge on any atom is 0.179 e. The van der Waals surface area contributed by atoms with E-state index in [1.54, 1.807) is 4.90 Å². The van der Waals surface area contributed by atoms with E-state index in [0.29, 0.717) is 28.9 Å². The number of nitrogens with zero attached hydrogens (tertiary/aromatic N) is 4. The van der Waals surface area contributed by atoms with Gasteiger partial charge in [0.15, 0.2) is 6.19 Å². The Morgan fingerprint density at radius 3 is 2.72 bits per heavy atom. The molecule has 3 aromatic rings. The number of rotatable bonds is 4. The molecule has 29 heavy (non-hydrogen) atoms. The fraction of sp³-hybridized carbons (Fsp3) is 0.273. The van der Waals surface area contributed by atoms with Gasteiger partial charge in [-0.2, -0.15) is 10.4 Å². The second kappa shape index (κ2) is 8.06. The van der Waals surface area contributed by atoms with Crippen molar-refractivity contribution in [3.63, 3.8) is 0 Å². The average molecular weight is 408 g/mol. The third kappa shape index (κ3) is 4.15. The largest absolute Gasteiger partial charge is 0.456 e. The summed E-state index contributed by atoms with van der Waals surface area (Å²) < 4.78 is 7.73. The van der Waals surface area contributed by atoms with Crippen LogP contribution in [0.2, 0.25) is 5.02 Å². The van der Waals surface area contributed by atoms with E-state index in [0.717, 1.165) is 36.2 Å². The summed E-state index contributed by atoms with van der Waals surface area (Å²) in [7, 11) is 0. The Morgan fingerprint density at radius 1 is 1.21 bits per heavy atom. The SMILES string of the molecule is Cc1ccc(Oc2ccc(-c3cc(N)n(C4CCCN(C#N)C4)n3)cc2)c(Cl)c1. The molecular formula is C22H22ClN5O. The summed E-state index contributed by atoms with van der Waals surface area (Å²) in [5, 5.41) is 14.5. The first-order chi connectivity index (χ1) is 14.0. The topological polar surface area (TPSA) is 80.1 Å². The molecule has 0 saturated carbocycles. The zero-order valence-electron chi connectivity index (χ0n) is 16.2. The van der Waals surface area contributed by atoms with Crippen LogP contribution in [0.25, 0.3) is 11.3 Å². The third-order valence-corrected chi connectivity index (χ3v) is 5.41. The normalized spacial score (nSPS) is 16.4. The van der Waals surface area contributed by atoms with Crippen molar-refractivity contribution in [2.24, 2.45) is 0 Å². The Balaban J connectivity index is 1.51. The van der Waals surface area contributed by atoms with Crippen molar-refractivity contribution in [3.05, 3.63) is 59.1 Å². The number of likely N-dealkylation sites (tertiary alicyclic amines) is 1. The highest BCUT2D eigenvalue weighted by Gasteiger charge is 2.23. The first kappa shape index (κ1) is 19.2. The number of piperidine rings is 1. The smallest absolute Gasteiger partial charge is 0.179 e. The predicted octanol–water partition coefficient (Wildman–Crippen LogP) is 5.00. The van der Waals surface area contributed by atoms with Gasteiger partial charge in [0.05, 0.1) is 23.3 Å². The van der Waals surface area contributed by atoms with Crippen LogP contribution in [0.4, 0.5) is 5.82 Å². The van der Waals surface area contributed by atoms with Gasteiger partial charge in [-0.25, -0.2) is 4.68 Å². The van der Waals surface area contributed by atoms with E-state index < -0.39 is 0 Å². The van der Waals surface area contributed by atoms with E-state index in [9.17, 15) is 0 Å². The van der Waals surface area contributed by atoms with Gasteiger partial charge in [-0.05, 0) is 61.7 Å². The van der Waals surface area contributed by atoms with Crippen molar-refractivity contribution >= 4 is 17.4 Å². The number of hydrogen-bond donors (Lipinski definition) is 1. The van der Waals surface area contributed by atoms with E-state index in [1.807, 2.05) is 60.1 Å². The first-order valence-corrected chi connectivity index (χ1v) is 9.95. The minimum Gasteiger partial charge on any atom is -0.456 e. The van der Waals surface area contributed by atoms with E-state index in [2.05, 4.69) is 6.19 Å². The highest BCUT2D eigenvalue weighted by molar-refractivity contribution is 6.32. The molecule has 2 aromatic carbocycles. The second-order valence-corrected chi connectivity index (χ2v) is 7.71. The minimum atomic E-state index is 0.114. The van der Waals surface area contributed by atoms with Crippen molar-refractivity contribution in [1.82, 2.24) is 14.7 Å². The van der Waals surface area contributed by atoms with Crippen LogP contribution >= 0.6 is 11.6 Å². The quantitative estimate of drug-likeness (QED) is 0.615. The maximum absolute atomic E-state index is 9.17. The zero-order chi connectivity index (χ0) is 20.4. The lowest BCUT2D eigenvalue weighted by Crippen LogP contribution is -2.34. The second-order valence-electron chi connectivity index (χ2n) is 7.30. The summed E-state index contributed by atoms with van der Waals surface area (Å²) in [5.41, 5.74) is 9.05. The Morgan fingerprint density at radius 2 is 2.00 bits per heavy atom. The Hall–Kier alpha value is -3.17. The lowest BCUT2D eigenvalue weighted by Gasteiger charge is -2.29. The minimum absolute atomic E-state index is 0.114. The van der Waals surface area contributed by atoms with Crippen LogP contribution in [0.15, 0.2) is 48.5 Å². The molecule has 1 saturated heterocycles. The van der Waals surface area contributed by atoms with Crippen LogP contribution in [0.3, 0.4) is 0 Å². The maximum atomic E-state index is 9.17. The van der Waals surface area contributed by atoms with Crippen LogP contribution < -0.4 is 10.5 Å². The molecule has 1 unspecified atom stereocenters. The molecule has 0 amide bonds. The van der Waals surface area contributed by atoms with Crippen molar-refractivity contribution in [2.75, 3.05) is 18.8 Å². The molecule has 4 rings (SSSR count). The van der Waals surface area contributed by atoms with Gasteiger partial charge in [0.1, 0.15) is 17.3 Å². The lowest BCUT2D eigenvalue weighted by molar-refractivity contribution is 0.235. The highest BCUT2D eigenvalue weighted by Crippen LogP contribution is 2.32. The van der Waals surface area contributed by atoms with Gasteiger partial charge < -0.3 is 15.4 Å². The van der Waals surface area contributed by atoms with Crippen molar-refractivity contribution in [3.8, 4) is 28.9 Å². The number of halogens is 1. The molecule has 1 aromatic heterocycles. The molecule has 1 fully saturated rings. The molecular weight excluding hydrogens is 386 g/mol. The zero-order valence-corrected chi connectivity index (χ0v) is 16.9.